The van der Waals surface area contributed by atoms with E-state index in [9.17, 15) is 9.59 Å². The summed E-state index contributed by atoms with van der Waals surface area (Å²) in [6.07, 6.45) is 0.278. The Hall–Kier alpha value is -3.02. The molecule has 132 valence electrons. The first-order valence-corrected chi connectivity index (χ1v) is 7.80. The van der Waals surface area contributed by atoms with Gasteiger partial charge < -0.3 is 24.3 Å². The summed E-state index contributed by atoms with van der Waals surface area (Å²) in [6.45, 7) is 0.159. The highest BCUT2D eigenvalue weighted by molar-refractivity contribution is 5.69. The predicted molar refractivity (Wildman–Crippen MR) is 92.7 cm³/mol. The van der Waals surface area contributed by atoms with Gasteiger partial charge in [-0.15, -0.1) is 0 Å². The lowest BCUT2D eigenvalue weighted by Crippen LogP contribution is -2.29. The lowest BCUT2D eigenvalue weighted by Gasteiger charge is -2.18. The molecule has 0 unspecified atom stereocenters. The molecule has 0 saturated carbocycles. The Balaban J connectivity index is 2.04. The Morgan fingerprint density at radius 1 is 1.08 bits per heavy atom. The molecule has 6 heteroatoms. The van der Waals surface area contributed by atoms with Crippen LogP contribution in [0.5, 0.6) is 11.5 Å². The van der Waals surface area contributed by atoms with Crippen LogP contribution in [0.1, 0.15) is 23.6 Å². The Morgan fingerprint density at radius 2 is 1.80 bits per heavy atom. The van der Waals surface area contributed by atoms with E-state index in [1.807, 2.05) is 30.3 Å². The summed E-state index contributed by atoms with van der Waals surface area (Å²) in [5, 5.41) is 2.70. The monoisotopic (exact) mass is 343 g/mol. The maximum absolute atomic E-state index is 12.0. The minimum atomic E-state index is -0.592. The predicted octanol–water partition coefficient (Wildman–Crippen LogP) is 3.26. The van der Waals surface area contributed by atoms with Gasteiger partial charge in [0.1, 0.15) is 12.9 Å². The highest BCUT2D eigenvalue weighted by Crippen LogP contribution is 2.30. The van der Waals surface area contributed by atoms with Crippen LogP contribution in [0.3, 0.4) is 0 Å². The summed E-state index contributed by atoms with van der Waals surface area (Å²) in [5.74, 6) is 1.10. The summed E-state index contributed by atoms with van der Waals surface area (Å²) >= 11 is 0. The Bertz CT molecular complexity index is 702. The van der Waals surface area contributed by atoms with Gasteiger partial charge in [0.05, 0.1) is 20.3 Å². The average Bonchev–Trinajstić information content (AvgIpc) is 2.66. The number of ether oxygens (including phenoxy) is 3. The van der Waals surface area contributed by atoms with E-state index >= 15 is 0 Å². The highest BCUT2D eigenvalue weighted by Gasteiger charge is 2.17. The molecule has 2 aromatic rings. The topological polar surface area (TPSA) is 73.9 Å². The standard InChI is InChI=1S/C19H21NO5/c1-23-17-9-8-15(12-18(17)24-2)16(10-11-21)20-19(22)25-13-14-6-4-3-5-7-14/h3-9,11-12,16H,10,13H2,1-2H3,(H,20,22)/t16-/m0/s1. The second kappa shape index (κ2) is 9.32. The summed E-state index contributed by atoms with van der Waals surface area (Å²) in [5.41, 5.74) is 1.61. The fourth-order valence-electron chi connectivity index (χ4n) is 2.35. The zero-order chi connectivity index (χ0) is 18.1. The van der Waals surface area contributed by atoms with Crippen LogP contribution in [-0.4, -0.2) is 26.6 Å². The van der Waals surface area contributed by atoms with Crippen molar-refractivity contribution in [2.75, 3.05) is 14.2 Å². The first-order valence-electron chi connectivity index (χ1n) is 7.80. The maximum Gasteiger partial charge on any atom is 0.407 e. The molecule has 0 aliphatic rings. The van der Waals surface area contributed by atoms with Crippen LogP contribution >= 0.6 is 0 Å². The van der Waals surface area contributed by atoms with Crippen LogP contribution in [0.4, 0.5) is 4.79 Å². The van der Waals surface area contributed by atoms with Gasteiger partial charge in [0.15, 0.2) is 11.5 Å². The van der Waals surface area contributed by atoms with Gasteiger partial charge in [0.2, 0.25) is 0 Å². The molecule has 0 aliphatic heterocycles. The van der Waals surface area contributed by atoms with E-state index in [4.69, 9.17) is 14.2 Å². The molecule has 0 heterocycles. The van der Waals surface area contributed by atoms with Gasteiger partial charge in [-0.2, -0.15) is 0 Å². The summed E-state index contributed by atoms with van der Waals surface area (Å²) in [4.78, 5) is 23.0. The van der Waals surface area contributed by atoms with Crippen molar-refractivity contribution < 1.29 is 23.8 Å². The van der Waals surface area contributed by atoms with Crippen molar-refractivity contribution in [2.24, 2.45) is 0 Å². The molecule has 1 atom stereocenters. The molecule has 1 amide bonds. The Labute approximate surface area is 146 Å². The SMILES string of the molecule is COc1ccc([C@H](CC=O)NC(=O)OCc2ccccc2)cc1OC. The number of hydrogen-bond acceptors (Lipinski definition) is 5. The molecule has 0 aliphatic carbocycles. The molecule has 0 saturated heterocycles. The fourth-order valence-corrected chi connectivity index (χ4v) is 2.35. The van der Waals surface area contributed by atoms with Crippen molar-refractivity contribution in [3.63, 3.8) is 0 Å². The van der Waals surface area contributed by atoms with Crippen LogP contribution in [0, 0.1) is 0 Å². The zero-order valence-electron chi connectivity index (χ0n) is 14.2. The van der Waals surface area contributed by atoms with Crippen LogP contribution in [0.15, 0.2) is 48.5 Å². The first kappa shape index (κ1) is 18.3. The number of carbonyl (C=O) groups excluding carboxylic acids is 2. The fraction of sp³-hybridized carbons (Fsp3) is 0.263. The van der Waals surface area contributed by atoms with Crippen molar-refractivity contribution in [2.45, 2.75) is 19.1 Å². The van der Waals surface area contributed by atoms with Gasteiger partial charge in [0.25, 0.3) is 0 Å². The van der Waals surface area contributed by atoms with Crippen LogP contribution in [0.25, 0.3) is 0 Å². The molecule has 0 spiro atoms. The third kappa shape index (κ3) is 5.24. The molecular weight excluding hydrogens is 322 g/mol. The Kier molecular flexibility index (Phi) is 6.83. The van der Waals surface area contributed by atoms with Gasteiger partial charge in [-0.05, 0) is 23.3 Å². The van der Waals surface area contributed by atoms with Crippen LogP contribution < -0.4 is 14.8 Å². The normalized spacial score (nSPS) is 11.3. The lowest BCUT2D eigenvalue weighted by atomic mass is 10.0. The second-order valence-corrected chi connectivity index (χ2v) is 5.28. The zero-order valence-corrected chi connectivity index (χ0v) is 14.2. The van der Waals surface area contributed by atoms with Gasteiger partial charge >= 0.3 is 6.09 Å². The van der Waals surface area contributed by atoms with Gasteiger partial charge in [-0.25, -0.2) is 4.79 Å². The van der Waals surface area contributed by atoms with Crippen molar-refractivity contribution in [3.05, 3.63) is 59.7 Å². The molecule has 6 nitrogen and oxygen atoms in total. The molecule has 0 aromatic heterocycles. The number of aldehydes is 1. The smallest absolute Gasteiger partial charge is 0.407 e. The average molecular weight is 343 g/mol. The number of carbonyl (C=O) groups is 2. The van der Waals surface area contributed by atoms with E-state index in [1.165, 1.54) is 7.11 Å². The second-order valence-electron chi connectivity index (χ2n) is 5.28. The molecule has 2 aromatic carbocycles. The van der Waals surface area contributed by atoms with Crippen molar-refractivity contribution in [1.82, 2.24) is 5.32 Å². The van der Waals surface area contributed by atoms with E-state index in [2.05, 4.69) is 5.32 Å². The van der Waals surface area contributed by atoms with Gasteiger partial charge in [-0.3, -0.25) is 0 Å². The number of rotatable bonds is 8. The molecule has 1 N–H and O–H groups in total. The van der Waals surface area contributed by atoms with E-state index in [-0.39, 0.29) is 13.0 Å². The number of methoxy groups -OCH3 is 2. The molecule has 0 fully saturated rings. The number of alkyl carbamates (subject to hydrolysis) is 1. The molecule has 0 bridgehead atoms. The van der Waals surface area contributed by atoms with Crippen molar-refractivity contribution >= 4 is 12.4 Å². The highest BCUT2D eigenvalue weighted by atomic mass is 16.5. The van der Waals surface area contributed by atoms with Crippen molar-refractivity contribution in [3.8, 4) is 11.5 Å². The van der Waals surface area contributed by atoms with Crippen LogP contribution in [-0.2, 0) is 16.1 Å². The van der Waals surface area contributed by atoms with E-state index < -0.39 is 12.1 Å². The van der Waals surface area contributed by atoms with Gasteiger partial charge in [0, 0.05) is 6.42 Å². The molecule has 2 rings (SSSR count). The Morgan fingerprint density at radius 3 is 2.44 bits per heavy atom. The minimum absolute atomic E-state index is 0.121. The third-order valence-electron chi connectivity index (χ3n) is 3.65. The maximum atomic E-state index is 12.0. The third-order valence-corrected chi connectivity index (χ3v) is 3.65. The van der Waals surface area contributed by atoms with Crippen LogP contribution in [0.2, 0.25) is 0 Å². The molecule has 0 radical (unpaired) electrons. The molecular formula is C19H21NO5. The summed E-state index contributed by atoms with van der Waals surface area (Å²) in [6, 6.07) is 14.1. The van der Waals surface area contributed by atoms with Crippen molar-refractivity contribution in [1.29, 1.82) is 0 Å². The van der Waals surface area contributed by atoms with E-state index in [0.29, 0.717) is 11.5 Å². The quantitative estimate of drug-likeness (QED) is 0.745. The first-order chi connectivity index (χ1) is 12.2. The summed E-state index contributed by atoms with van der Waals surface area (Å²) in [7, 11) is 3.07. The minimum Gasteiger partial charge on any atom is -0.493 e. The van der Waals surface area contributed by atoms with E-state index in [1.54, 1.807) is 25.3 Å². The summed E-state index contributed by atoms with van der Waals surface area (Å²) < 4.78 is 15.7. The van der Waals surface area contributed by atoms with E-state index in [0.717, 1.165) is 17.4 Å². The largest absolute Gasteiger partial charge is 0.493 e. The van der Waals surface area contributed by atoms with Gasteiger partial charge in [-0.1, -0.05) is 36.4 Å². The molecule has 25 heavy (non-hydrogen) atoms. The number of amides is 1. The number of nitrogens with one attached hydrogen (secondary N) is 1. The number of benzene rings is 2. The lowest BCUT2D eigenvalue weighted by molar-refractivity contribution is -0.108. The number of hydrogen-bond donors (Lipinski definition) is 1.